The highest BCUT2D eigenvalue weighted by Gasteiger charge is 2.04. The number of benzene rings is 2. The van der Waals surface area contributed by atoms with Crippen LogP contribution < -0.4 is 15.4 Å². The molecule has 0 heterocycles. The van der Waals surface area contributed by atoms with Gasteiger partial charge in [0.25, 0.3) is 0 Å². The van der Waals surface area contributed by atoms with Gasteiger partial charge in [0.05, 0.1) is 6.54 Å². The smallest absolute Gasteiger partial charge is 0.315 e. The summed E-state index contributed by atoms with van der Waals surface area (Å²) in [6.07, 6.45) is 0. The molecule has 0 atom stereocenters. The molecule has 0 bridgehead atoms. The van der Waals surface area contributed by atoms with E-state index in [-0.39, 0.29) is 6.03 Å². The first kappa shape index (κ1) is 18.1. The molecule has 4 nitrogen and oxygen atoms in total. The van der Waals surface area contributed by atoms with Crippen molar-refractivity contribution in [3.05, 3.63) is 64.7 Å². The molecule has 0 fully saturated rings. The second-order valence-corrected chi connectivity index (χ2v) is 6.18. The van der Waals surface area contributed by atoms with Gasteiger partial charge in [0.1, 0.15) is 12.4 Å². The second kappa shape index (κ2) is 9.18. The first-order valence-corrected chi connectivity index (χ1v) is 8.42. The maximum Gasteiger partial charge on any atom is 0.315 e. The molecule has 128 valence electrons. The van der Waals surface area contributed by atoms with Crippen LogP contribution in [0.3, 0.4) is 0 Å². The molecule has 0 saturated heterocycles. The molecule has 2 N–H and O–H groups in total. The zero-order chi connectivity index (χ0) is 17.4. The van der Waals surface area contributed by atoms with Crippen LogP contribution in [0, 0.1) is 0 Å². The fourth-order valence-electron chi connectivity index (χ4n) is 2.18. The van der Waals surface area contributed by atoms with Crippen LogP contribution in [0.5, 0.6) is 5.75 Å². The molecule has 0 aliphatic rings. The molecule has 2 amide bonds. The lowest BCUT2D eigenvalue weighted by atomic mass is 10.0. The van der Waals surface area contributed by atoms with Crippen LogP contribution in [0.15, 0.2) is 48.5 Å². The number of hydrogen-bond acceptors (Lipinski definition) is 2. The predicted molar refractivity (Wildman–Crippen MR) is 97.7 cm³/mol. The van der Waals surface area contributed by atoms with Crippen LogP contribution in [0.4, 0.5) is 4.79 Å². The van der Waals surface area contributed by atoms with Gasteiger partial charge in [0.2, 0.25) is 0 Å². The number of carbonyl (C=O) groups is 1. The minimum Gasteiger partial charge on any atom is -0.492 e. The summed E-state index contributed by atoms with van der Waals surface area (Å²) in [7, 11) is 0. The van der Waals surface area contributed by atoms with E-state index in [1.807, 2.05) is 36.4 Å². The summed E-state index contributed by atoms with van der Waals surface area (Å²) >= 11 is 6.05. The van der Waals surface area contributed by atoms with Crippen LogP contribution in [-0.2, 0) is 6.54 Å². The third-order valence-electron chi connectivity index (χ3n) is 3.58. The Hall–Kier alpha value is -2.20. The predicted octanol–water partition coefficient (Wildman–Crippen LogP) is 4.34. The summed E-state index contributed by atoms with van der Waals surface area (Å²) in [5.74, 6) is 1.28. The van der Waals surface area contributed by atoms with Gasteiger partial charge in [0, 0.05) is 11.6 Å². The Bertz CT molecular complexity index is 674. The number of carbonyl (C=O) groups excluding carboxylic acids is 1. The number of rotatable bonds is 7. The fraction of sp³-hybridized carbons (Fsp3) is 0.316. The topological polar surface area (TPSA) is 50.4 Å². The Morgan fingerprint density at radius 1 is 1.12 bits per heavy atom. The van der Waals surface area contributed by atoms with E-state index in [2.05, 4.69) is 30.5 Å². The van der Waals surface area contributed by atoms with E-state index in [0.717, 1.165) is 11.3 Å². The van der Waals surface area contributed by atoms with Crippen molar-refractivity contribution in [2.45, 2.75) is 26.3 Å². The Kier molecular flexibility index (Phi) is 6.94. The van der Waals surface area contributed by atoms with Crippen molar-refractivity contribution in [3.8, 4) is 5.75 Å². The molecule has 2 aromatic carbocycles. The summed E-state index contributed by atoms with van der Waals surface area (Å²) in [6.45, 7) is 5.53. The standard InChI is InChI=1S/C19H23ClN2O2/c1-14(2)15-7-5-8-17(12-15)24-11-10-21-19(23)22-13-16-6-3-4-9-18(16)20/h3-9,12,14H,10-11,13H2,1-2H3,(H2,21,22,23). The molecule has 0 aromatic heterocycles. The van der Waals surface area contributed by atoms with E-state index in [1.54, 1.807) is 6.07 Å². The number of urea groups is 1. The fourth-order valence-corrected chi connectivity index (χ4v) is 2.38. The highest BCUT2D eigenvalue weighted by Crippen LogP contribution is 2.19. The molecule has 5 heteroatoms. The first-order chi connectivity index (χ1) is 11.6. The third kappa shape index (κ3) is 5.78. The minimum atomic E-state index is -0.241. The lowest BCUT2D eigenvalue weighted by molar-refractivity contribution is 0.236. The van der Waals surface area contributed by atoms with Crippen molar-refractivity contribution in [2.75, 3.05) is 13.2 Å². The molecular weight excluding hydrogens is 324 g/mol. The quantitative estimate of drug-likeness (QED) is 0.732. The minimum absolute atomic E-state index is 0.241. The van der Waals surface area contributed by atoms with Crippen molar-refractivity contribution >= 4 is 17.6 Å². The first-order valence-electron chi connectivity index (χ1n) is 8.04. The highest BCUT2D eigenvalue weighted by molar-refractivity contribution is 6.31. The third-order valence-corrected chi connectivity index (χ3v) is 3.95. The van der Waals surface area contributed by atoms with Gasteiger partial charge in [-0.1, -0.05) is 55.8 Å². The number of amides is 2. The molecular formula is C19H23ClN2O2. The zero-order valence-electron chi connectivity index (χ0n) is 14.0. The average molecular weight is 347 g/mol. The average Bonchev–Trinajstić information content (AvgIpc) is 2.58. The van der Waals surface area contributed by atoms with E-state index < -0.39 is 0 Å². The Balaban J connectivity index is 1.68. The maximum atomic E-state index is 11.8. The van der Waals surface area contributed by atoms with E-state index >= 15 is 0 Å². The van der Waals surface area contributed by atoms with Gasteiger partial charge in [-0.15, -0.1) is 0 Å². The van der Waals surface area contributed by atoms with Gasteiger partial charge >= 0.3 is 6.03 Å². The summed E-state index contributed by atoms with van der Waals surface area (Å²) in [6, 6.07) is 15.2. The molecule has 0 aliphatic heterocycles. The molecule has 0 aliphatic carbocycles. The van der Waals surface area contributed by atoms with Crippen molar-refractivity contribution < 1.29 is 9.53 Å². The van der Waals surface area contributed by atoms with Crippen LogP contribution in [0.2, 0.25) is 5.02 Å². The van der Waals surface area contributed by atoms with Crippen molar-refractivity contribution in [2.24, 2.45) is 0 Å². The number of ether oxygens (including phenoxy) is 1. The summed E-state index contributed by atoms with van der Waals surface area (Å²) in [4.78, 5) is 11.8. The molecule has 0 unspecified atom stereocenters. The van der Waals surface area contributed by atoms with Crippen molar-refractivity contribution in [3.63, 3.8) is 0 Å². The highest BCUT2D eigenvalue weighted by atomic mass is 35.5. The van der Waals surface area contributed by atoms with Crippen LogP contribution in [-0.4, -0.2) is 19.2 Å². The van der Waals surface area contributed by atoms with Gasteiger partial charge in [-0.2, -0.15) is 0 Å². The van der Waals surface area contributed by atoms with E-state index in [4.69, 9.17) is 16.3 Å². The van der Waals surface area contributed by atoms with Crippen molar-refractivity contribution in [1.29, 1.82) is 0 Å². The van der Waals surface area contributed by atoms with Gasteiger partial charge < -0.3 is 15.4 Å². The maximum absolute atomic E-state index is 11.8. The molecule has 0 spiro atoms. The van der Waals surface area contributed by atoms with Gasteiger partial charge in [-0.3, -0.25) is 0 Å². The normalized spacial score (nSPS) is 10.5. The van der Waals surface area contributed by atoms with Gasteiger partial charge in [0.15, 0.2) is 0 Å². The number of hydrogen-bond donors (Lipinski definition) is 2. The van der Waals surface area contributed by atoms with E-state index in [0.29, 0.717) is 30.6 Å². The molecule has 24 heavy (non-hydrogen) atoms. The Morgan fingerprint density at radius 3 is 2.67 bits per heavy atom. The van der Waals surface area contributed by atoms with E-state index in [1.165, 1.54) is 5.56 Å². The molecule has 0 saturated carbocycles. The summed E-state index contributed by atoms with van der Waals surface area (Å²) < 4.78 is 5.67. The lowest BCUT2D eigenvalue weighted by Crippen LogP contribution is -2.37. The molecule has 0 radical (unpaired) electrons. The summed E-state index contributed by atoms with van der Waals surface area (Å²) in [5.41, 5.74) is 2.12. The number of halogens is 1. The lowest BCUT2D eigenvalue weighted by Gasteiger charge is -2.11. The van der Waals surface area contributed by atoms with Gasteiger partial charge in [-0.05, 0) is 35.2 Å². The SMILES string of the molecule is CC(C)c1cccc(OCCNC(=O)NCc2ccccc2Cl)c1. The van der Waals surface area contributed by atoms with Crippen LogP contribution in [0.1, 0.15) is 30.9 Å². The monoisotopic (exact) mass is 346 g/mol. The van der Waals surface area contributed by atoms with Crippen molar-refractivity contribution in [1.82, 2.24) is 10.6 Å². The van der Waals surface area contributed by atoms with Crippen LogP contribution in [0.25, 0.3) is 0 Å². The largest absolute Gasteiger partial charge is 0.492 e. The number of nitrogens with one attached hydrogen (secondary N) is 2. The van der Waals surface area contributed by atoms with E-state index in [9.17, 15) is 4.79 Å². The van der Waals surface area contributed by atoms with Gasteiger partial charge in [-0.25, -0.2) is 4.79 Å². The van der Waals surface area contributed by atoms with Crippen LogP contribution >= 0.6 is 11.6 Å². The Labute approximate surface area is 148 Å². The summed E-state index contributed by atoms with van der Waals surface area (Å²) in [5, 5.41) is 6.18. The zero-order valence-corrected chi connectivity index (χ0v) is 14.8. The Morgan fingerprint density at radius 2 is 1.92 bits per heavy atom. The molecule has 2 aromatic rings. The molecule has 2 rings (SSSR count). The second-order valence-electron chi connectivity index (χ2n) is 5.78.